The van der Waals surface area contributed by atoms with Crippen LogP contribution in [0.4, 0.5) is 0 Å². The fourth-order valence-electron chi connectivity index (χ4n) is 1.84. The van der Waals surface area contributed by atoms with Crippen LogP contribution in [-0.4, -0.2) is 63.0 Å². The van der Waals surface area contributed by atoms with Crippen molar-refractivity contribution in [3.05, 3.63) is 24.0 Å². The fourth-order valence-corrected chi connectivity index (χ4v) is 1.84. The second-order valence-electron chi connectivity index (χ2n) is 4.55. The van der Waals surface area contributed by atoms with Gasteiger partial charge >= 0.3 is 0 Å². The van der Waals surface area contributed by atoms with Gasteiger partial charge in [-0.15, -0.1) is 24.0 Å². The average molecular weight is 410 g/mol. The molecule has 0 amide bonds. The summed E-state index contributed by atoms with van der Waals surface area (Å²) in [6.45, 7) is 3.43. The van der Waals surface area contributed by atoms with Crippen LogP contribution in [0.15, 0.2) is 23.3 Å². The molecule has 21 heavy (non-hydrogen) atoms. The van der Waals surface area contributed by atoms with Gasteiger partial charge in [0, 0.05) is 46.7 Å². The summed E-state index contributed by atoms with van der Waals surface area (Å²) in [6, 6.07) is 4.15. The van der Waals surface area contributed by atoms with Gasteiger partial charge in [0.15, 0.2) is 5.96 Å². The molecule has 0 aromatic carbocycles. The molecule has 0 radical (unpaired) electrons. The summed E-state index contributed by atoms with van der Waals surface area (Å²) in [4.78, 5) is 6.36. The zero-order valence-electron chi connectivity index (χ0n) is 13.3. The first-order chi connectivity index (χ1) is 9.69. The second kappa shape index (κ2) is 11.8. The summed E-state index contributed by atoms with van der Waals surface area (Å²) in [6.07, 6.45) is 2.04. The molecule has 122 valence electrons. The molecule has 0 aliphatic carbocycles. The number of methoxy groups -OCH3 is 1. The number of aryl methyl sites for hydroxylation is 1. The Labute approximate surface area is 144 Å². The molecule has 0 fully saturated rings. The van der Waals surface area contributed by atoms with Crippen molar-refractivity contribution in [2.45, 2.75) is 6.54 Å². The average Bonchev–Trinajstić information content (AvgIpc) is 2.83. The lowest BCUT2D eigenvalue weighted by atomic mass is 10.4. The summed E-state index contributed by atoms with van der Waals surface area (Å²) in [7, 11) is 7.52. The summed E-state index contributed by atoms with van der Waals surface area (Å²) in [5.74, 6) is 0.863. The number of aromatic nitrogens is 1. The van der Waals surface area contributed by atoms with Gasteiger partial charge < -0.3 is 24.3 Å². The number of nitrogens with zero attached hydrogens (tertiary/aromatic N) is 3. The molecule has 1 rings (SSSR count). The number of rotatable bonds is 8. The molecule has 1 heterocycles. The molecule has 0 saturated carbocycles. The highest BCUT2D eigenvalue weighted by Crippen LogP contribution is 2.03. The van der Waals surface area contributed by atoms with Crippen LogP contribution in [0, 0.1) is 0 Å². The van der Waals surface area contributed by atoms with Crippen molar-refractivity contribution < 1.29 is 9.47 Å². The minimum atomic E-state index is 0. The topological polar surface area (TPSA) is 51.0 Å². The first kappa shape index (κ1) is 20.2. The number of ether oxygens (including phenoxy) is 2. The zero-order valence-corrected chi connectivity index (χ0v) is 15.7. The van der Waals surface area contributed by atoms with Crippen LogP contribution in [0.5, 0.6) is 0 Å². The van der Waals surface area contributed by atoms with Crippen LogP contribution in [0.2, 0.25) is 0 Å². The first-order valence-electron chi connectivity index (χ1n) is 6.77. The molecule has 0 spiro atoms. The highest BCUT2D eigenvalue weighted by molar-refractivity contribution is 14.0. The van der Waals surface area contributed by atoms with E-state index in [0.29, 0.717) is 19.8 Å². The molecule has 0 bridgehead atoms. The monoisotopic (exact) mass is 410 g/mol. The summed E-state index contributed by atoms with van der Waals surface area (Å²) < 4.78 is 12.4. The van der Waals surface area contributed by atoms with E-state index < -0.39 is 0 Å². The Kier molecular flexibility index (Phi) is 11.4. The maximum Gasteiger partial charge on any atom is 0.193 e. The molecule has 0 aliphatic heterocycles. The zero-order chi connectivity index (χ0) is 14.8. The van der Waals surface area contributed by atoms with Crippen molar-refractivity contribution in [3.8, 4) is 0 Å². The van der Waals surface area contributed by atoms with Crippen molar-refractivity contribution >= 4 is 29.9 Å². The van der Waals surface area contributed by atoms with Gasteiger partial charge in [0.05, 0.1) is 26.4 Å². The minimum absolute atomic E-state index is 0. The maximum atomic E-state index is 5.41. The minimum Gasteiger partial charge on any atom is -0.382 e. The number of nitrogens with one attached hydrogen (secondary N) is 1. The van der Waals surface area contributed by atoms with Gasteiger partial charge in [-0.3, -0.25) is 4.99 Å². The summed E-state index contributed by atoms with van der Waals surface area (Å²) >= 11 is 0. The van der Waals surface area contributed by atoms with E-state index in [-0.39, 0.29) is 24.0 Å². The fraction of sp³-hybridized carbons (Fsp3) is 0.643. The standard InChI is InChI=1S/C14H26N4O2.HI/c1-15-14(16-7-9-20-11-10-19-4)18(3)12-13-6-5-8-17(13)2;/h5-6,8H,7,9-12H2,1-4H3,(H,15,16);1H. The highest BCUT2D eigenvalue weighted by atomic mass is 127. The van der Waals surface area contributed by atoms with Crippen molar-refractivity contribution in [2.75, 3.05) is 47.6 Å². The van der Waals surface area contributed by atoms with E-state index in [4.69, 9.17) is 9.47 Å². The first-order valence-corrected chi connectivity index (χ1v) is 6.77. The number of guanidine groups is 1. The Morgan fingerprint density at radius 3 is 2.71 bits per heavy atom. The quantitative estimate of drug-likeness (QED) is 0.304. The van der Waals surface area contributed by atoms with Crippen LogP contribution in [0.3, 0.4) is 0 Å². The third-order valence-electron chi connectivity index (χ3n) is 2.99. The Balaban J connectivity index is 0.00000400. The normalized spacial score (nSPS) is 11.1. The predicted molar refractivity (Wildman–Crippen MR) is 96.4 cm³/mol. The van der Waals surface area contributed by atoms with Gasteiger partial charge in [0.1, 0.15) is 0 Å². The van der Waals surface area contributed by atoms with E-state index in [1.807, 2.05) is 26.4 Å². The largest absolute Gasteiger partial charge is 0.382 e. The number of halogens is 1. The highest BCUT2D eigenvalue weighted by Gasteiger charge is 2.07. The summed E-state index contributed by atoms with van der Waals surface area (Å²) in [5, 5.41) is 3.28. The van der Waals surface area contributed by atoms with Crippen LogP contribution in [0.25, 0.3) is 0 Å². The van der Waals surface area contributed by atoms with Gasteiger partial charge in [0.2, 0.25) is 0 Å². The van der Waals surface area contributed by atoms with E-state index in [1.54, 1.807) is 14.2 Å². The van der Waals surface area contributed by atoms with E-state index in [9.17, 15) is 0 Å². The van der Waals surface area contributed by atoms with Crippen molar-refractivity contribution in [3.63, 3.8) is 0 Å². The van der Waals surface area contributed by atoms with Gasteiger partial charge in [-0.25, -0.2) is 0 Å². The van der Waals surface area contributed by atoms with Gasteiger partial charge in [-0.2, -0.15) is 0 Å². The molecular weight excluding hydrogens is 383 g/mol. The number of hydrogen-bond donors (Lipinski definition) is 1. The maximum absolute atomic E-state index is 5.41. The van der Waals surface area contributed by atoms with Crippen molar-refractivity contribution in [1.82, 2.24) is 14.8 Å². The molecule has 0 unspecified atom stereocenters. The van der Waals surface area contributed by atoms with Crippen LogP contribution >= 0.6 is 24.0 Å². The SMILES string of the molecule is CN=C(NCCOCCOC)N(C)Cc1cccn1C.I. The molecule has 6 nitrogen and oxygen atoms in total. The van der Waals surface area contributed by atoms with Gasteiger partial charge in [-0.05, 0) is 12.1 Å². The molecule has 0 saturated heterocycles. The second-order valence-corrected chi connectivity index (χ2v) is 4.55. The van der Waals surface area contributed by atoms with Gasteiger partial charge in [-0.1, -0.05) is 0 Å². The van der Waals surface area contributed by atoms with Crippen LogP contribution < -0.4 is 5.32 Å². The molecular formula is C14H27IN4O2. The smallest absolute Gasteiger partial charge is 0.193 e. The molecule has 1 aromatic heterocycles. The lowest BCUT2D eigenvalue weighted by molar-refractivity contribution is 0.0731. The third kappa shape index (κ3) is 7.68. The number of hydrogen-bond acceptors (Lipinski definition) is 3. The predicted octanol–water partition coefficient (Wildman–Crippen LogP) is 1.31. The van der Waals surface area contributed by atoms with E-state index in [0.717, 1.165) is 19.0 Å². The third-order valence-corrected chi connectivity index (χ3v) is 2.99. The Morgan fingerprint density at radius 1 is 1.38 bits per heavy atom. The Bertz CT molecular complexity index is 409. The van der Waals surface area contributed by atoms with Crippen molar-refractivity contribution in [2.24, 2.45) is 12.0 Å². The molecule has 7 heteroatoms. The summed E-state index contributed by atoms with van der Waals surface area (Å²) in [5.41, 5.74) is 1.24. The molecule has 0 atom stereocenters. The lowest BCUT2D eigenvalue weighted by Gasteiger charge is -2.22. The van der Waals surface area contributed by atoms with Crippen molar-refractivity contribution in [1.29, 1.82) is 0 Å². The van der Waals surface area contributed by atoms with E-state index in [1.165, 1.54) is 5.69 Å². The Hall–Kier alpha value is -0.800. The van der Waals surface area contributed by atoms with Crippen LogP contribution in [-0.2, 0) is 23.1 Å². The number of aliphatic imine (C=N–C) groups is 1. The lowest BCUT2D eigenvalue weighted by Crippen LogP contribution is -2.40. The molecule has 0 aliphatic rings. The van der Waals surface area contributed by atoms with Gasteiger partial charge in [0.25, 0.3) is 0 Å². The van der Waals surface area contributed by atoms with E-state index in [2.05, 4.69) is 25.8 Å². The van der Waals surface area contributed by atoms with Crippen LogP contribution in [0.1, 0.15) is 5.69 Å². The Morgan fingerprint density at radius 2 is 2.14 bits per heavy atom. The van der Waals surface area contributed by atoms with E-state index >= 15 is 0 Å². The molecule has 1 N–H and O–H groups in total. The molecule has 1 aromatic rings.